The first kappa shape index (κ1) is 16.6. The summed E-state index contributed by atoms with van der Waals surface area (Å²) in [5, 5.41) is 15.3. The lowest BCUT2D eigenvalue weighted by atomic mass is 9.80. The smallest absolute Gasteiger partial charge is 0.137 e. The van der Waals surface area contributed by atoms with Crippen LogP contribution in [0.1, 0.15) is 31.4 Å². The zero-order chi connectivity index (χ0) is 16.2. The van der Waals surface area contributed by atoms with E-state index in [9.17, 15) is 5.11 Å². The Morgan fingerprint density at radius 3 is 2.45 bits per heavy atom. The van der Waals surface area contributed by atoms with Crippen LogP contribution in [0, 0.1) is 6.92 Å². The van der Waals surface area contributed by atoms with E-state index in [2.05, 4.69) is 41.3 Å². The van der Waals surface area contributed by atoms with Gasteiger partial charge in [-0.15, -0.1) is 0 Å². The fourth-order valence-electron chi connectivity index (χ4n) is 2.45. The molecule has 22 heavy (non-hydrogen) atoms. The van der Waals surface area contributed by atoms with Gasteiger partial charge in [-0.25, -0.2) is 9.67 Å². The van der Waals surface area contributed by atoms with Crippen molar-refractivity contribution >= 4 is 0 Å². The maximum absolute atomic E-state index is 11.2. The number of aryl methyl sites for hydroxylation is 2. The van der Waals surface area contributed by atoms with Gasteiger partial charge >= 0.3 is 0 Å². The third kappa shape index (κ3) is 3.72. The van der Waals surface area contributed by atoms with Gasteiger partial charge in [-0.3, -0.25) is 0 Å². The number of rotatable bonds is 7. The molecule has 2 aromatic rings. The number of aliphatic hydroxyl groups is 1. The van der Waals surface area contributed by atoms with Crippen molar-refractivity contribution < 1.29 is 9.84 Å². The number of aromatic nitrogens is 3. The van der Waals surface area contributed by atoms with Crippen LogP contribution in [0.15, 0.2) is 36.9 Å². The van der Waals surface area contributed by atoms with Gasteiger partial charge in [-0.05, 0) is 39.2 Å². The summed E-state index contributed by atoms with van der Waals surface area (Å²) in [5.74, 6) is 0. The van der Waals surface area contributed by atoms with Gasteiger partial charge in [0.05, 0.1) is 12.1 Å². The molecule has 0 aliphatic rings. The first-order valence-corrected chi connectivity index (χ1v) is 7.52. The number of ether oxygens (including phenoxy) is 1. The Labute approximate surface area is 132 Å². The summed E-state index contributed by atoms with van der Waals surface area (Å²) < 4.78 is 7.20. The van der Waals surface area contributed by atoms with Crippen molar-refractivity contribution in [2.45, 2.75) is 51.4 Å². The third-order valence-corrected chi connectivity index (χ3v) is 4.47. The summed E-state index contributed by atoms with van der Waals surface area (Å²) in [5.41, 5.74) is 0.706. The monoisotopic (exact) mass is 303 g/mol. The quantitative estimate of drug-likeness (QED) is 0.853. The molecule has 0 aliphatic heterocycles. The molecule has 0 amide bonds. The lowest BCUT2D eigenvalue weighted by molar-refractivity contribution is -0.162. The number of hydrogen-bond donors (Lipinski definition) is 1. The van der Waals surface area contributed by atoms with E-state index >= 15 is 0 Å². The summed E-state index contributed by atoms with van der Waals surface area (Å²) in [6.07, 6.45) is 4.44. The lowest BCUT2D eigenvalue weighted by Crippen LogP contribution is -2.54. The summed E-state index contributed by atoms with van der Waals surface area (Å²) in [6, 6.07) is 8.39. The zero-order valence-electron chi connectivity index (χ0n) is 13.8. The number of methoxy groups -OCH3 is 1. The van der Waals surface area contributed by atoms with E-state index in [-0.39, 0.29) is 0 Å². The topological polar surface area (TPSA) is 60.2 Å². The second kappa shape index (κ2) is 6.58. The molecule has 0 fully saturated rings. The van der Waals surface area contributed by atoms with Crippen molar-refractivity contribution in [1.82, 2.24) is 14.8 Å². The van der Waals surface area contributed by atoms with Crippen molar-refractivity contribution in [2.75, 3.05) is 7.11 Å². The molecule has 1 aromatic carbocycles. The maximum Gasteiger partial charge on any atom is 0.137 e. The van der Waals surface area contributed by atoms with Crippen LogP contribution in [0.3, 0.4) is 0 Å². The molecule has 0 aliphatic carbocycles. The zero-order valence-corrected chi connectivity index (χ0v) is 13.8. The van der Waals surface area contributed by atoms with Crippen LogP contribution in [0.5, 0.6) is 0 Å². The molecule has 0 saturated heterocycles. The van der Waals surface area contributed by atoms with E-state index < -0.39 is 11.2 Å². The minimum Gasteiger partial charge on any atom is -0.385 e. The van der Waals surface area contributed by atoms with Crippen molar-refractivity contribution in [3.05, 3.63) is 48.0 Å². The summed E-state index contributed by atoms with van der Waals surface area (Å²) >= 11 is 0. The van der Waals surface area contributed by atoms with Crippen molar-refractivity contribution in [3.63, 3.8) is 0 Å². The largest absolute Gasteiger partial charge is 0.385 e. The highest BCUT2D eigenvalue weighted by atomic mass is 16.5. The van der Waals surface area contributed by atoms with Gasteiger partial charge in [0.1, 0.15) is 18.3 Å². The number of nitrogens with zero attached hydrogens (tertiary/aromatic N) is 3. The Bertz CT molecular complexity index is 578. The van der Waals surface area contributed by atoms with Crippen molar-refractivity contribution in [1.29, 1.82) is 0 Å². The second-order valence-electron chi connectivity index (χ2n) is 6.32. The van der Waals surface area contributed by atoms with Gasteiger partial charge in [0.25, 0.3) is 0 Å². The summed E-state index contributed by atoms with van der Waals surface area (Å²) in [4.78, 5) is 3.94. The summed E-state index contributed by atoms with van der Waals surface area (Å²) in [6.45, 7) is 6.22. The van der Waals surface area contributed by atoms with Crippen molar-refractivity contribution in [2.24, 2.45) is 0 Å². The van der Waals surface area contributed by atoms with E-state index in [0.29, 0.717) is 13.0 Å². The van der Waals surface area contributed by atoms with Crippen molar-refractivity contribution in [3.8, 4) is 0 Å². The molecular weight excluding hydrogens is 278 g/mol. The molecule has 1 aromatic heterocycles. The molecule has 120 valence electrons. The normalized spacial score (nSPS) is 14.8. The Kier molecular flexibility index (Phi) is 4.98. The highest BCUT2D eigenvalue weighted by Gasteiger charge is 2.44. The Balaban J connectivity index is 2.15. The fraction of sp³-hybridized carbons (Fsp3) is 0.529. The highest BCUT2D eigenvalue weighted by Crippen LogP contribution is 2.31. The molecule has 1 heterocycles. The lowest BCUT2D eigenvalue weighted by Gasteiger charge is -2.41. The van der Waals surface area contributed by atoms with Crippen LogP contribution < -0.4 is 0 Å². The predicted octanol–water partition coefficient (Wildman–Crippen LogP) is 2.38. The Morgan fingerprint density at radius 1 is 1.23 bits per heavy atom. The molecule has 0 spiro atoms. The van der Waals surface area contributed by atoms with Crippen LogP contribution in [0.4, 0.5) is 0 Å². The van der Waals surface area contributed by atoms with Gasteiger partial charge in [0.15, 0.2) is 0 Å². The van der Waals surface area contributed by atoms with Crippen LogP contribution in [-0.2, 0) is 17.7 Å². The second-order valence-corrected chi connectivity index (χ2v) is 6.32. The third-order valence-electron chi connectivity index (χ3n) is 4.47. The average Bonchev–Trinajstić information content (AvgIpc) is 2.99. The molecule has 0 radical (unpaired) electrons. The SMILES string of the molecule is COC(C)(C)C(O)(CCc1ccc(C)cc1)Cn1cncn1. The molecule has 5 nitrogen and oxygen atoms in total. The maximum atomic E-state index is 11.2. The fourth-order valence-corrected chi connectivity index (χ4v) is 2.45. The van der Waals surface area contributed by atoms with E-state index in [4.69, 9.17) is 4.74 Å². The van der Waals surface area contributed by atoms with Crippen LogP contribution in [-0.4, -0.2) is 38.2 Å². The molecule has 1 unspecified atom stereocenters. The molecule has 5 heteroatoms. The van der Waals surface area contributed by atoms with Crippen LogP contribution >= 0.6 is 0 Å². The Morgan fingerprint density at radius 2 is 1.91 bits per heavy atom. The van der Waals surface area contributed by atoms with E-state index in [1.807, 2.05) is 13.8 Å². The van der Waals surface area contributed by atoms with Gasteiger partial charge in [-0.1, -0.05) is 29.8 Å². The van der Waals surface area contributed by atoms with Crippen LogP contribution in [0.25, 0.3) is 0 Å². The summed E-state index contributed by atoms with van der Waals surface area (Å²) in [7, 11) is 1.62. The molecule has 1 N–H and O–H groups in total. The molecule has 0 bridgehead atoms. The number of hydrogen-bond acceptors (Lipinski definition) is 4. The van der Waals surface area contributed by atoms with Gasteiger partial charge in [0, 0.05) is 7.11 Å². The molecule has 2 rings (SSSR count). The van der Waals surface area contributed by atoms with E-state index in [1.165, 1.54) is 17.5 Å². The van der Waals surface area contributed by atoms with Crippen LogP contribution in [0.2, 0.25) is 0 Å². The first-order chi connectivity index (χ1) is 10.4. The first-order valence-electron chi connectivity index (χ1n) is 7.52. The predicted molar refractivity (Wildman–Crippen MR) is 85.6 cm³/mol. The molecule has 1 atom stereocenters. The molecular formula is C17H25N3O2. The highest BCUT2D eigenvalue weighted by molar-refractivity contribution is 5.21. The Hall–Kier alpha value is -1.72. The van der Waals surface area contributed by atoms with E-state index in [1.54, 1.807) is 18.1 Å². The molecule has 0 saturated carbocycles. The number of benzene rings is 1. The van der Waals surface area contributed by atoms with Gasteiger partial charge < -0.3 is 9.84 Å². The standard InChI is InChI=1S/C17H25N3O2/c1-14-5-7-15(8-6-14)9-10-17(21,16(2,3)22-4)11-20-13-18-12-19-20/h5-8,12-13,21H,9-11H2,1-4H3. The average molecular weight is 303 g/mol. The minimum atomic E-state index is -1.04. The van der Waals surface area contributed by atoms with Gasteiger partial charge in [0.2, 0.25) is 0 Å². The van der Waals surface area contributed by atoms with Gasteiger partial charge in [-0.2, -0.15) is 5.10 Å². The minimum absolute atomic E-state index is 0.347. The van der Waals surface area contributed by atoms with E-state index in [0.717, 1.165) is 6.42 Å².